The molecule has 0 aliphatic rings. The summed E-state index contributed by atoms with van der Waals surface area (Å²) in [4.78, 5) is 24.3. The zero-order chi connectivity index (χ0) is 16.5. The van der Waals surface area contributed by atoms with Gasteiger partial charge in [-0.1, -0.05) is 0 Å². The molecule has 0 unspecified atom stereocenters. The number of ether oxygens (including phenoxy) is 2. The van der Waals surface area contributed by atoms with Gasteiger partial charge in [0.25, 0.3) is 5.91 Å². The van der Waals surface area contributed by atoms with Crippen LogP contribution in [0.2, 0.25) is 0 Å². The maximum absolute atomic E-state index is 12.9. The number of nitriles is 1. The van der Waals surface area contributed by atoms with Gasteiger partial charge in [0.1, 0.15) is 11.6 Å². The number of amides is 1. The summed E-state index contributed by atoms with van der Waals surface area (Å²) >= 11 is 3.10. The normalized spacial score (nSPS) is 9.73. The van der Waals surface area contributed by atoms with Crippen LogP contribution in [0.1, 0.15) is 6.42 Å². The van der Waals surface area contributed by atoms with Crippen LogP contribution in [0.15, 0.2) is 22.7 Å². The van der Waals surface area contributed by atoms with Gasteiger partial charge in [-0.25, -0.2) is 9.18 Å². The molecule has 0 saturated heterocycles. The molecule has 6 nitrogen and oxygen atoms in total. The maximum atomic E-state index is 12.9. The second-order valence-electron chi connectivity index (χ2n) is 4.25. The molecule has 8 heteroatoms. The van der Waals surface area contributed by atoms with Gasteiger partial charge in [-0.2, -0.15) is 5.26 Å². The number of carbonyl (C=O) groups excluding carboxylic acids is 2. The molecule has 0 bridgehead atoms. The Hall–Kier alpha value is -2.14. The Morgan fingerprint density at radius 3 is 2.77 bits per heavy atom. The van der Waals surface area contributed by atoms with E-state index < -0.39 is 30.9 Å². The number of carbonyl (C=O) groups is 2. The van der Waals surface area contributed by atoms with Gasteiger partial charge < -0.3 is 14.4 Å². The highest BCUT2D eigenvalue weighted by molar-refractivity contribution is 9.10. The first-order valence-corrected chi connectivity index (χ1v) is 7.07. The molecular formula is C14H14BrFN2O4. The summed E-state index contributed by atoms with van der Waals surface area (Å²) in [5.41, 5.74) is 0. The molecule has 1 aromatic carbocycles. The molecule has 0 aromatic heterocycles. The van der Waals surface area contributed by atoms with E-state index in [0.717, 1.165) is 0 Å². The Kier molecular flexibility index (Phi) is 7.32. The predicted octanol–water partition coefficient (Wildman–Crippen LogP) is 1.88. The van der Waals surface area contributed by atoms with Crippen molar-refractivity contribution in [1.82, 2.24) is 4.90 Å². The lowest BCUT2D eigenvalue weighted by molar-refractivity contribution is -0.153. The number of hydrogen-bond donors (Lipinski definition) is 0. The van der Waals surface area contributed by atoms with Crippen LogP contribution < -0.4 is 4.74 Å². The highest BCUT2D eigenvalue weighted by atomic mass is 79.9. The Balaban J connectivity index is 2.34. The van der Waals surface area contributed by atoms with E-state index in [1.165, 1.54) is 30.1 Å². The molecule has 118 valence electrons. The Morgan fingerprint density at radius 2 is 2.14 bits per heavy atom. The van der Waals surface area contributed by atoms with Gasteiger partial charge in [-0.05, 0) is 34.1 Å². The first-order chi connectivity index (χ1) is 10.4. The summed E-state index contributed by atoms with van der Waals surface area (Å²) in [5.74, 6) is -1.28. The second kappa shape index (κ2) is 9.00. The molecular weight excluding hydrogens is 359 g/mol. The lowest BCUT2D eigenvalue weighted by Crippen LogP contribution is -2.32. The molecule has 0 saturated carbocycles. The molecule has 1 rings (SSSR count). The molecule has 0 heterocycles. The van der Waals surface area contributed by atoms with Crippen molar-refractivity contribution in [1.29, 1.82) is 5.26 Å². The molecule has 0 spiro atoms. The summed E-state index contributed by atoms with van der Waals surface area (Å²) in [6, 6.07) is 5.68. The van der Waals surface area contributed by atoms with E-state index in [1.807, 2.05) is 6.07 Å². The molecule has 22 heavy (non-hydrogen) atoms. The second-order valence-corrected chi connectivity index (χ2v) is 5.10. The van der Waals surface area contributed by atoms with Crippen molar-refractivity contribution >= 4 is 27.8 Å². The minimum absolute atomic E-state index is 0.206. The third-order valence-corrected chi connectivity index (χ3v) is 3.20. The van der Waals surface area contributed by atoms with Crippen molar-refractivity contribution < 1.29 is 23.5 Å². The maximum Gasteiger partial charge on any atom is 0.344 e. The number of benzene rings is 1. The van der Waals surface area contributed by atoms with Crippen LogP contribution >= 0.6 is 15.9 Å². The van der Waals surface area contributed by atoms with E-state index in [9.17, 15) is 14.0 Å². The fraction of sp³-hybridized carbons (Fsp3) is 0.357. The van der Waals surface area contributed by atoms with Crippen LogP contribution in [0, 0.1) is 17.1 Å². The summed E-state index contributed by atoms with van der Waals surface area (Å²) in [7, 11) is 1.51. The largest absolute Gasteiger partial charge is 0.481 e. The summed E-state index contributed by atoms with van der Waals surface area (Å²) in [6.45, 7) is -0.556. The van der Waals surface area contributed by atoms with Gasteiger partial charge in [0, 0.05) is 13.6 Å². The summed E-state index contributed by atoms with van der Waals surface area (Å²) in [6.07, 6.45) is 0.206. The van der Waals surface area contributed by atoms with Gasteiger partial charge in [0.15, 0.2) is 13.2 Å². The average Bonchev–Trinajstić information content (AvgIpc) is 2.49. The van der Waals surface area contributed by atoms with E-state index >= 15 is 0 Å². The average molecular weight is 373 g/mol. The van der Waals surface area contributed by atoms with Crippen LogP contribution in [-0.2, 0) is 14.3 Å². The lowest BCUT2D eigenvalue weighted by Gasteiger charge is -2.15. The number of likely N-dealkylation sites (N-methyl/N-ethyl adjacent to an activating group) is 1. The standard InChI is InChI=1S/C14H14BrFN2O4/c1-18(6-2-5-17)13(19)8-22-14(20)9-21-12-4-3-10(16)7-11(12)15/h3-4,7H,2,6,8-9H2,1H3. The van der Waals surface area contributed by atoms with Crippen LogP contribution in [-0.4, -0.2) is 43.6 Å². The van der Waals surface area contributed by atoms with Gasteiger partial charge in [-0.3, -0.25) is 4.79 Å². The third kappa shape index (κ3) is 6.10. The highest BCUT2D eigenvalue weighted by Crippen LogP contribution is 2.25. The molecule has 1 aromatic rings. The molecule has 1 amide bonds. The number of hydrogen-bond acceptors (Lipinski definition) is 5. The Bertz CT molecular complexity index is 589. The number of esters is 1. The fourth-order valence-corrected chi connectivity index (χ4v) is 1.83. The Labute approximate surface area is 135 Å². The number of nitrogens with zero attached hydrogens (tertiary/aromatic N) is 2. The van der Waals surface area contributed by atoms with Crippen LogP contribution in [0.3, 0.4) is 0 Å². The molecule has 0 atom stereocenters. The van der Waals surface area contributed by atoms with E-state index in [4.69, 9.17) is 14.7 Å². The molecule has 0 radical (unpaired) electrons. The number of rotatable bonds is 7. The lowest BCUT2D eigenvalue weighted by atomic mass is 10.3. The first kappa shape index (κ1) is 17.9. The molecule has 0 N–H and O–H groups in total. The van der Waals surface area contributed by atoms with Crippen molar-refractivity contribution in [3.05, 3.63) is 28.5 Å². The zero-order valence-corrected chi connectivity index (χ0v) is 13.4. The summed E-state index contributed by atoms with van der Waals surface area (Å²) in [5, 5.41) is 8.42. The van der Waals surface area contributed by atoms with Gasteiger partial charge in [-0.15, -0.1) is 0 Å². The third-order valence-electron chi connectivity index (χ3n) is 2.58. The predicted molar refractivity (Wildman–Crippen MR) is 78.4 cm³/mol. The van der Waals surface area contributed by atoms with Crippen molar-refractivity contribution in [2.75, 3.05) is 26.8 Å². The molecule has 0 aliphatic heterocycles. The minimum Gasteiger partial charge on any atom is -0.481 e. The minimum atomic E-state index is -0.724. The molecule has 0 aliphatic carbocycles. The highest BCUT2D eigenvalue weighted by Gasteiger charge is 2.13. The van der Waals surface area contributed by atoms with Crippen LogP contribution in [0.4, 0.5) is 4.39 Å². The monoisotopic (exact) mass is 372 g/mol. The van der Waals surface area contributed by atoms with E-state index in [2.05, 4.69) is 15.9 Å². The fourth-order valence-electron chi connectivity index (χ4n) is 1.37. The number of halogens is 2. The Morgan fingerprint density at radius 1 is 1.41 bits per heavy atom. The van der Waals surface area contributed by atoms with Crippen LogP contribution in [0.25, 0.3) is 0 Å². The van der Waals surface area contributed by atoms with Gasteiger partial charge in [0.2, 0.25) is 0 Å². The molecule has 0 fully saturated rings. The van der Waals surface area contributed by atoms with Crippen molar-refractivity contribution in [2.24, 2.45) is 0 Å². The van der Waals surface area contributed by atoms with E-state index in [1.54, 1.807) is 0 Å². The van der Waals surface area contributed by atoms with Crippen LogP contribution in [0.5, 0.6) is 5.75 Å². The van der Waals surface area contributed by atoms with E-state index in [-0.39, 0.29) is 18.7 Å². The topological polar surface area (TPSA) is 79.6 Å². The van der Waals surface area contributed by atoms with Crippen molar-refractivity contribution in [3.63, 3.8) is 0 Å². The van der Waals surface area contributed by atoms with Crippen molar-refractivity contribution in [2.45, 2.75) is 6.42 Å². The quantitative estimate of drug-likeness (QED) is 0.682. The smallest absolute Gasteiger partial charge is 0.344 e. The van der Waals surface area contributed by atoms with Crippen molar-refractivity contribution in [3.8, 4) is 11.8 Å². The SMILES string of the molecule is CN(CCC#N)C(=O)COC(=O)COc1ccc(F)cc1Br. The van der Waals surface area contributed by atoms with Gasteiger partial charge in [0.05, 0.1) is 17.0 Å². The first-order valence-electron chi connectivity index (χ1n) is 6.28. The van der Waals surface area contributed by atoms with Gasteiger partial charge >= 0.3 is 5.97 Å². The van der Waals surface area contributed by atoms with E-state index in [0.29, 0.717) is 4.47 Å². The summed E-state index contributed by atoms with van der Waals surface area (Å²) < 4.78 is 23.2. The zero-order valence-electron chi connectivity index (χ0n) is 11.8.